The van der Waals surface area contributed by atoms with Crippen LogP contribution in [0.1, 0.15) is 11.1 Å². The van der Waals surface area contributed by atoms with Crippen molar-refractivity contribution >= 4 is 15.9 Å². The Morgan fingerprint density at radius 2 is 1.84 bits per heavy atom. The average Bonchev–Trinajstić information content (AvgIpc) is 3.13. The van der Waals surface area contributed by atoms with E-state index >= 15 is 0 Å². The second-order valence-electron chi connectivity index (χ2n) is 5.23. The molecule has 0 unspecified atom stereocenters. The number of benzene rings is 2. The van der Waals surface area contributed by atoms with Crippen molar-refractivity contribution in [1.82, 2.24) is 14.9 Å². The molecule has 3 aromatic rings. The largest absolute Gasteiger partial charge is 0.493 e. The first-order chi connectivity index (χ1) is 12.2. The molecule has 0 fully saturated rings. The molecule has 0 aliphatic heterocycles. The molecule has 0 spiro atoms. The molecular weight excluding hydrogens is 391 g/mol. The van der Waals surface area contributed by atoms with E-state index < -0.39 is 0 Å². The summed E-state index contributed by atoms with van der Waals surface area (Å²) in [4.78, 5) is 0. The number of methoxy groups -OCH3 is 1. The first-order valence-electron chi connectivity index (χ1n) is 7.48. The Hall–Kier alpha value is -2.61. The highest BCUT2D eigenvalue weighted by Crippen LogP contribution is 2.37. The molecule has 3 rings (SSSR count). The first kappa shape index (κ1) is 17.2. The van der Waals surface area contributed by atoms with E-state index in [-0.39, 0.29) is 5.82 Å². The fourth-order valence-corrected chi connectivity index (χ4v) is 2.82. The minimum atomic E-state index is -0.271. The van der Waals surface area contributed by atoms with Crippen LogP contribution in [0.4, 0.5) is 4.39 Å². The molecular formula is C17H16BrFN4O2. The van der Waals surface area contributed by atoms with Crippen molar-refractivity contribution in [2.45, 2.75) is 13.2 Å². The molecule has 0 bridgehead atoms. The lowest BCUT2D eigenvalue weighted by Crippen LogP contribution is -2.12. The fourth-order valence-electron chi connectivity index (χ4n) is 2.22. The van der Waals surface area contributed by atoms with Crippen LogP contribution in [0.3, 0.4) is 0 Å². The van der Waals surface area contributed by atoms with Gasteiger partial charge in [-0.15, -0.1) is 10.2 Å². The van der Waals surface area contributed by atoms with Crippen LogP contribution in [-0.2, 0) is 13.2 Å². The summed E-state index contributed by atoms with van der Waals surface area (Å²) in [6.45, 7) is 0.874. The lowest BCUT2D eigenvalue weighted by atomic mass is 10.2. The third-order valence-corrected chi connectivity index (χ3v) is 4.06. The summed E-state index contributed by atoms with van der Waals surface area (Å²) in [6.07, 6.45) is 3.15. The summed E-state index contributed by atoms with van der Waals surface area (Å²) >= 11 is 3.52. The zero-order valence-corrected chi connectivity index (χ0v) is 15.0. The molecule has 1 N–H and O–H groups in total. The van der Waals surface area contributed by atoms with Gasteiger partial charge in [-0.3, -0.25) is 0 Å². The van der Waals surface area contributed by atoms with Gasteiger partial charge in [0, 0.05) is 0 Å². The zero-order valence-electron chi connectivity index (χ0n) is 13.4. The number of halogens is 2. The van der Waals surface area contributed by atoms with Crippen LogP contribution in [0.25, 0.3) is 0 Å². The van der Waals surface area contributed by atoms with E-state index in [2.05, 4.69) is 31.6 Å². The van der Waals surface area contributed by atoms with Gasteiger partial charge in [-0.2, -0.15) is 0 Å². The van der Waals surface area contributed by atoms with E-state index in [9.17, 15) is 4.39 Å². The SMILES string of the molecule is COc1cc(CNn2cnnc2)cc(Br)c1OCc1ccc(F)cc1. The molecule has 0 amide bonds. The molecule has 0 aliphatic carbocycles. The summed E-state index contributed by atoms with van der Waals surface area (Å²) in [6, 6.07) is 10.0. The van der Waals surface area contributed by atoms with Gasteiger partial charge in [-0.1, -0.05) is 12.1 Å². The number of aromatic nitrogens is 3. The van der Waals surface area contributed by atoms with Gasteiger partial charge in [0.15, 0.2) is 11.5 Å². The van der Waals surface area contributed by atoms with E-state index in [1.807, 2.05) is 12.1 Å². The number of nitrogens with one attached hydrogen (secondary N) is 1. The molecule has 2 aromatic carbocycles. The Morgan fingerprint density at radius 1 is 1.12 bits per heavy atom. The van der Waals surface area contributed by atoms with Gasteiger partial charge in [0.2, 0.25) is 0 Å². The topological polar surface area (TPSA) is 61.2 Å². The molecule has 0 aliphatic rings. The lowest BCUT2D eigenvalue weighted by Gasteiger charge is -2.15. The highest BCUT2D eigenvalue weighted by atomic mass is 79.9. The predicted molar refractivity (Wildman–Crippen MR) is 94.5 cm³/mol. The molecule has 6 nitrogen and oxygen atoms in total. The minimum Gasteiger partial charge on any atom is -0.493 e. The van der Waals surface area contributed by atoms with Crippen LogP contribution in [0.15, 0.2) is 53.5 Å². The van der Waals surface area contributed by atoms with Crippen LogP contribution in [-0.4, -0.2) is 22.0 Å². The maximum atomic E-state index is 13.0. The lowest BCUT2D eigenvalue weighted by molar-refractivity contribution is 0.282. The van der Waals surface area contributed by atoms with Gasteiger partial charge in [-0.25, -0.2) is 9.07 Å². The Balaban J connectivity index is 1.71. The van der Waals surface area contributed by atoms with E-state index in [4.69, 9.17) is 9.47 Å². The Labute approximate surface area is 152 Å². The van der Waals surface area contributed by atoms with Crippen molar-refractivity contribution in [1.29, 1.82) is 0 Å². The number of hydrogen-bond donors (Lipinski definition) is 1. The van der Waals surface area contributed by atoms with Crippen molar-refractivity contribution < 1.29 is 13.9 Å². The smallest absolute Gasteiger partial charge is 0.175 e. The Bertz CT molecular complexity index is 825. The van der Waals surface area contributed by atoms with Gasteiger partial charge in [-0.05, 0) is 51.3 Å². The number of ether oxygens (including phenoxy) is 2. The van der Waals surface area contributed by atoms with E-state index in [0.717, 1.165) is 15.6 Å². The van der Waals surface area contributed by atoms with Crippen molar-refractivity contribution in [3.8, 4) is 11.5 Å². The van der Waals surface area contributed by atoms with Crippen LogP contribution >= 0.6 is 15.9 Å². The van der Waals surface area contributed by atoms with Crippen molar-refractivity contribution in [3.63, 3.8) is 0 Å². The average molecular weight is 407 g/mol. The number of hydrogen-bond acceptors (Lipinski definition) is 5. The van der Waals surface area contributed by atoms with Gasteiger partial charge in [0.1, 0.15) is 25.1 Å². The van der Waals surface area contributed by atoms with E-state index in [1.54, 1.807) is 36.6 Å². The molecule has 0 saturated carbocycles. The predicted octanol–water partition coefficient (Wildman–Crippen LogP) is 3.51. The molecule has 130 valence electrons. The third kappa shape index (κ3) is 4.48. The van der Waals surface area contributed by atoms with Gasteiger partial charge < -0.3 is 14.9 Å². The van der Waals surface area contributed by atoms with Crippen molar-refractivity contribution in [2.24, 2.45) is 0 Å². The molecule has 1 aromatic heterocycles. The third-order valence-electron chi connectivity index (χ3n) is 3.47. The monoisotopic (exact) mass is 406 g/mol. The molecule has 0 atom stereocenters. The Morgan fingerprint density at radius 3 is 2.52 bits per heavy atom. The van der Waals surface area contributed by atoms with Crippen LogP contribution in [0.2, 0.25) is 0 Å². The number of nitrogens with zero attached hydrogens (tertiary/aromatic N) is 3. The summed E-state index contributed by atoms with van der Waals surface area (Å²) < 4.78 is 26.7. The quantitative estimate of drug-likeness (QED) is 0.650. The van der Waals surface area contributed by atoms with Crippen LogP contribution < -0.4 is 14.9 Å². The first-order valence-corrected chi connectivity index (χ1v) is 8.27. The van der Waals surface area contributed by atoms with Gasteiger partial charge in [0.25, 0.3) is 0 Å². The maximum absolute atomic E-state index is 13.0. The van der Waals surface area contributed by atoms with Crippen LogP contribution in [0.5, 0.6) is 11.5 Å². The summed E-state index contributed by atoms with van der Waals surface area (Å²) in [5.74, 6) is 0.935. The maximum Gasteiger partial charge on any atom is 0.175 e. The van der Waals surface area contributed by atoms with Crippen LogP contribution in [0, 0.1) is 5.82 Å². The molecule has 8 heteroatoms. The molecule has 0 saturated heterocycles. The molecule has 0 radical (unpaired) electrons. The van der Waals surface area contributed by atoms with E-state index in [1.165, 1.54) is 12.1 Å². The van der Waals surface area contributed by atoms with Crippen molar-refractivity contribution in [2.75, 3.05) is 12.5 Å². The summed E-state index contributed by atoms with van der Waals surface area (Å²) in [7, 11) is 1.59. The Kier molecular flexibility index (Phi) is 5.49. The molecule has 25 heavy (non-hydrogen) atoms. The van der Waals surface area contributed by atoms with Gasteiger partial charge >= 0.3 is 0 Å². The number of rotatable bonds is 7. The van der Waals surface area contributed by atoms with Crippen molar-refractivity contribution in [3.05, 3.63) is 70.5 Å². The highest BCUT2D eigenvalue weighted by Gasteiger charge is 2.12. The fraction of sp³-hybridized carbons (Fsp3) is 0.176. The highest BCUT2D eigenvalue weighted by molar-refractivity contribution is 9.10. The molecule has 1 heterocycles. The standard InChI is InChI=1S/C17H16BrFN4O2/c1-24-16-7-13(8-22-23-10-20-21-11-23)6-15(18)17(16)25-9-12-2-4-14(19)5-3-12/h2-7,10-11,22H,8-9H2,1H3. The second-order valence-corrected chi connectivity index (χ2v) is 6.08. The van der Waals surface area contributed by atoms with Gasteiger partial charge in [0.05, 0.1) is 18.1 Å². The summed E-state index contributed by atoms with van der Waals surface area (Å²) in [5.41, 5.74) is 5.00. The van der Waals surface area contributed by atoms with E-state index in [0.29, 0.717) is 24.7 Å². The zero-order chi connectivity index (χ0) is 17.6. The summed E-state index contributed by atoms with van der Waals surface area (Å²) in [5, 5.41) is 7.46. The normalized spacial score (nSPS) is 10.5. The second kappa shape index (κ2) is 7.98. The minimum absolute atomic E-state index is 0.271.